The van der Waals surface area contributed by atoms with E-state index in [1.807, 2.05) is 0 Å². The number of rotatable bonds is 2. The zero-order valence-corrected chi connectivity index (χ0v) is 5.59. The van der Waals surface area contributed by atoms with E-state index in [1.54, 1.807) is 0 Å². The molecule has 0 rings (SSSR count). The van der Waals surface area contributed by atoms with Gasteiger partial charge in [0.1, 0.15) is 0 Å². The van der Waals surface area contributed by atoms with Crippen LogP contribution in [-0.2, 0) is 4.84 Å². The van der Waals surface area contributed by atoms with Gasteiger partial charge in [0.15, 0.2) is 0 Å². The summed E-state index contributed by atoms with van der Waals surface area (Å²) in [7, 11) is 0. The molecule has 0 heterocycles. The smallest absolute Gasteiger partial charge is 0.0776 e. The van der Waals surface area contributed by atoms with Crippen LogP contribution in [0.3, 0.4) is 0 Å². The van der Waals surface area contributed by atoms with Crippen molar-refractivity contribution in [1.29, 1.82) is 0 Å². The van der Waals surface area contributed by atoms with Crippen molar-refractivity contribution < 1.29 is 4.84 Å². The van der Waals surface area contributed by atoms with Gasteiger partial charge >= 0.3 is 0 Å². The highest BCUT2D eigenvalue weighted by atomic mass is 79.9. The van der Waals surface area contributed by atoms with E-state index in [4.69, 9.17) is 0 Å². The lowest BCUT2D eigenvalue weighted by Gasteiger charge is -1.82. The standard InChI is InChI=1S/C2H6BrNO.ClH/c3-1-2-5-4;/h1-2,4H2;1H. The molecule has 0 saturated heterocycles. The van der Waals surface area contributed by atoms with Gasteiger partial charge in [-0.15, -0.1) is 12.4 Å². The van der Waals surface area contributed by atoms with Gasteiger partial charge < -0.3 is 4.84 Å². The van der Waals surface area contributed by atoms with Crippen LogP contribution in [0.1, 0.15) is 0 Å². The van der Waals surface area contributed by atoms with E-state index in [2.05, 4.69) is 26.7 Å². The molecule has 2 nitrogen and oxygen atoms in total. The monoisotopic (exact) mass is 175 g/mol. The van der Waals surface area contributed by atoms with Crippen LogP contribution in [0.5, 0.6) is 0 Å². The normalized spacial score (nSPS) is 7.00. The van der Waals surface area contributed by atoms with E-state index in [9.17, 15) is 0 Å². The first-order valence-corrected chi connectivity index (χ1v) is 2.41. The summed E-state index contributed by atoms with van der Waals surface area (Å²) in [6, 6.07) is 0. The Labute approximate surface area is 51.5 Å². The van der Waals surface area contributed by atoms with Crippen molar-refractivity contribution in [2.24, 2.45) is 5.90 Å². The molecule has 40 valence electrons. The fourth-order valence-electron chi connectivity index (χ4n) is 0.0445. The molecule has 0 aliphatic carbocycles. The Bertz CT molecular complexity index is 21.0. The van der Waals surface area contributed by atoms with Gasteiger partial charge in [-0.2, -0.15) is 0 Å². The summed E-state index contributed by atoms with van der Waals surface area (Å²) in [4.78, 5) is 4.14. The van der Waals surface area contributed by atoms with Crippen LogP contribution in [-0.4, -0.2) is 11.9 Å². The van der Waals surface area contributed by atoms with E-state index < -0.39 is 0 Å². The number of hydrogen-bond acceptors (Lipinski definition) is 2. The highest BCUT2D eigenvalue weighted by molar-refractivity contribution is 9.09. The first-order valence-electron chi connectivity index (χ1n) is 1.29. The molecule has 0 aromatic carbocycles. The van der Waals surface area contributed by atoms with E-state index in [0.29, 0.717) is 6.61 Å². The van der Waals surface area contributed by atoms with E-state index in [1.165, 1.54) is 0 Å². The molecule has 0 unspecified atom stereocenters. The molecule has 0 spiro atoms. The van der Waals surface area contributed by atoms with Crippen molar-refractivity contribution in [3.05, 3.63) is 0 Å². The van der Waals surface area contributed by atoms with Crippen molar-refractivity contribution in [2.45, 2.75) is 0 Å². The fourth-order valence-corrected chi connectivity index (χ4v) is 0.231. The third kappa shape index (κ3) is 8.83. The number of nitrogens with two attached hydrogens (primary N) is 1. The van der Waals surface area contributed by atoms with Crippen LogP contribution < -0.4 is 5.90 Å². The Morgan fingerprint density at radius 3 is 2.17 bits per heavy atom. The van der Waals surface area contributed by atoms with Gasteiger partial charge in [0.2, 0.25) is 0 Å². The average Bonchev–Trinajstić information content (AvgIpc) is 1.41. The summed E-state index contributed by atoms with van der Waals surface area (Å²) < 4.78 is 0. The maximum absolute atomic E-state index is 4.61. The van der Waals surface area contributed by atoms with Crippen LogP contribution in [0.4, 0.5) is 0 Å². The van der Waals surface area contributed by atoms with Crippen LogP contribution in [0, 0.1) is 0 Å². The van der Waals surface area contributed by atoms with Crippen molar-refractivity contribution >= 4 is 28.3 Å². The maximum Gasteiger partial charge on any atom is 0.0776 e. The summed E-state index contributed by atoms with van der Waals surface area (Å²) in [5.74, 6) is 4.61. The van der Waals surface area contributed by atoms with Crippen molar-refractivity contribution in [3.63, 3.8) is 0 Å². The molecule has 0 amide bonds. The molecule has 0 aromatic rings. The minimum Gasteiger partial charge on any atom is -0.304 e. The van der Waals surface area contributed by atoms with Crippen LogP contribution in [0.2, 0.25) is 0 Å². The minimum absolute atomic E-state index is 0. The van der Waals surface area contributed by atoms with Crippen molar-refractivity contribution in [3.8, 4) is 0 Å². The van der Waals surface area contributed by atoms with Gasteiger partial charge in [-0.05, 0) is 0 Å². The van der Waals surface area contributed by atoms with Gasteiger partial charge in [-0.1, -0.05) is 15.9 Å². The Morgan fingerprint density at radius 2 is 2.17 bits per heavy atom. The lowest BCUT2D eigenvalue weighted by molar-refractivity contribution is 0.155. The lowest BCUT2D eigenvalue weighted by atomic mass is 10.9. The summed E-state index contributed by atoms with van der Waals surface area (Å²) >= 11 is 3.10. The highest BCUT2D eigenvalue weighted by Crippen LogP contribution is 1.73. The van der Waals surface area contributed by atoms with Gasteiger partial charge in [-0.3, -0.25) is 0 Å². The lowest BCUT2D eigenvalue weighted by Crippen LogP contribution is -2.00. The van der Waals surface area contributed by atoms with Crippen molar-refractivity contribution in [2.75, 3.05) is 11.9 Å². The highest BCUT2D eigenvalue weighted by Gasteiger charge is 1.68. The SMILES string of the molecule is Cl.NOCCBr. The first kappa shape index (κ1) is 9.85. The average molecular weight is 176 g/mol. The summed E-state index contributed by atoms with van der Waals surface area (Å²) in [5, 5.41) is 0.809. The largest absolute Gasteiger partial charge is 0.304 e. The van der Waals surface area contributed by atoms with Crippen LogP contribution in [0.15, 0.2) is 0 Å². The fraction of sp³-hybridized carbons (Fsp3) is 1.00. The molecule has 0 radical (unpaired) electrons. The minimum atomic E-state index is 0. The Balaban J connectivity index is 0. The van der Waals surface area contributed by atoms with E-state index in [-0.39, 0.29) is 12.4 Å². The molecule has 0 aliphatic rings. The van der Waals surface area contributed by atoms with Crippen molar-refractivity contribution in [1.82, 2.24) is 0 Å². The molecule has 6 heavy (non-hydrogen) atoms. The first-order chi connectivity index (χ1) is 2.41. The molecule has 0 fully saturated rings. The topological polar surface area (TPSA) is 35.2 Å². The molecule has 2 N–H and O–H groups in total. The quantitative estimate of drug-likeness (QED) is 0.496. The predicted octanol–water partition coefficient (Wildman–Crippen LogP) is 0.693. The van der Waals surface area contributed by atoms with Gasteiger partial charge in [0.25, 0.3) is 0 Å². The number of alkyl halides is 1. The Kier molecular flexibility index (Phi) is 15.1. The Hall–Kier alpha value is 0.690. The number of halogens is 2. The molecule has 4 heteroatoms. The number of hydrogen-bond donors (Lipinski definition) is 1. The van der Waals surface area contributed by atoms with Crippen LogP contribution in [0.25, 0.3) is 0 Å². The molecule has 0 bridgehead atoms. The molecule has 0 aliphatic heterocycles. The zero-order valence-electron chi connectivity index (χ0n) is 3.19. The molecular weight excluding hydrogens is 169 g/mol. The molecule has 0 atom stereocenters. The maximum atomic E-state index is 4.61. The zero-order chi connectivity index (χ0) is 4.12. The second kappa shape index (κ2) is 9.19. The van der Waals surface area contributed by atoms with Gasteiger partial charge in [-0.25, -0.2) is 5.90 Å². The second-order valence-electron chi connectivity index (χ2n) is 0.560. The van der Waals surface area contributed by atoms with Crippen LogP contribution >= 0.6 is 28.3 Å². The molecule has 0 aromatic heterocycles. The molecular formula is C2H7BrClNO. The summed E-state index contributed by atoms with van der Waals surface area (Å²) in [5.41, 5.74) is 0. The summed E-state index contributed by atoms with van der Waals surface area (Å²) in [6.07, 6.45) is 0. The van der Waals surface area contributed by atoms with E-state index in [0.717, 1.165) is 5.33 Å². The third-order valence-corrected chi connectivity index (χ3v) is 0.519. The third-order valence-electron chi connectivity index (χ3n) is 0.195. The molecule has 0 saturated carbocycles. The second-order valence-corrected chi connectivity index (χ2v) is 1.35. The van der Waals surface area contributed by atoms with E-state index >= 15 is 0 Å². The summed E-state index contributed by atoms with van der Waals surface area (Å²) in [6.45, 7) is 0.583. The van der Waals surface area contributed by atoms with Gasteiger partial charge in [0, 0.05) is 5.33 Å². The predicted molar refractivity (Wildman–Crippen MR) is 31.2 cm³/mol. The van der Waals surface area contributed by atoms with Gasteiger partial charge in [0.05, 0.1) is 6.61 Å². The Morgan fingerprint density at radius 1 is 1.67 bits per heavy atom.